The summed E-state index contributed by atoms with van der Waals surface area (Å²) >= 11 is 0. The molecule has 0 amide bonds. The Labute approximate surface area is 118 Å². The van der Waals surface area contributed by atoms with E-state index in [0.717, 1.165) is 6.07 Å². The van der Waals surface area contributed by atoms with Gasteiger partial charge in [0.2, 0.25) is 0 Å². The Kier molecular flexibility index (Phi) is 3.59. The second-order valence-corrected chi connectivity index (χ2v) is 5.04. The predicted molar refractivity (Wildman–Crippen MR) is 68.3 cm³/mol. The van der Waals surface area contributed by atoms with Crippen LogP contribution in [0.25, 0.3) is 0 Å². The highest BCUT2D eigenvalue weighted by atomic mass is 19.2. The SMILES string of the molecule is O=c1ccon1[C@H]1CCN[C@H](c2cc(F)c(F)cc2F)C1. The second-order valence-electron chi connectivity index (χ2n) is 5.04. The van der Waals surface area contributed by atoms with Gasteiger partial charge in [0.1, 0.15) is 12.1 Å². The third-order valence-corrected chi connectivity index (χ3v) is 3.72. The Hall–Kier alpha value is -2.02. The van der Waals surface area contributed by atoms with Crippen molar-refractivity contribution in [1.82, 2.24) is 10.1 Å². The lowest BCUT2D eigenvalue weighted by Gasteiger charge is -2.30. The fourth-order valence-electron chi connectivity index (χ4n) is 2.70. The lowest BCUT2D eigenvalue weighted by atomic mass is 9.93. The largest absolute Gasteiger partial charge is 0.384 e. The normalized spacial score (nSPS) is 22.4. The Bertz CT molecular complexity index is 710. The van der Waals surface area contributed by atoms with Crippen LogP contribution in [-0.2, 0) is 0 Å². The van der Waals surface area contributed by atoms with Gasteiger partial charge in [0.15, 0.2) is 11.6 Å². The van der Waals surface area contributed by atoms with Gasteiger partial charge in [0.25, 0.3) is 5.56 Å². The summed E-state index contributed by atoms with van der Waals surface area (Å²) in [5.74, 6) is -3.12. The number of nitrogens with one attached hydrogen (secondary N) is 1. The first-order valence-corrected chi connectivity index (χ1v) is 6.60. The van der Waals surface area contributed by atoms with E-state index < -0.39 is 23.5 Å². The first kappa shape index (κ1) is 13.9. The van der Waals surface area contributed by atoms with E-state index >= 15 is 0 Å². The lowest BCUT2D eigenvalue weighted by Crippen LogP contribution is -2.35. The molecule has 0 spiro atoms. The topological polar surface area (TPSA) is 47.2 Å². The maximum Gasteiger partial charge on any atom is 0.282 e. The van der Waals surface area contributed by atoms with Crippen molar-refractivity contribution in [3.8, 4) is 0 Å². The summed E-state index contributed by atoms with van der Waals surface area (Å²) in [5.41, 5.74) is -0.218. The molecule has 2 atom stereocenters. The summed E-state index contributed by atoms with van der Waals surface area (Å²) in [6.07, 6.45) is 2.28. The highest BCUT2D eigenvalue weighted by Gasteiger charge is 2.28. The molecule has 1 fully saturated rings. The van der Waals surface area contributed by atoms with E-state index in [9.17, 15) is 18.0 Å². The number of rotatable bonds is 2. The zero-order valence-electron chi connectivity index (χ0n) is 11.0. The van der Waals surface area contributed by atoms with Crippen LogP contribution in [0.5, 0.6) is 0 Å². The minimum atomic E-state index is -1.22. The molecule has 4 nitrogen and oxygen atoms in total. The van der Waals surface area contributed by atoms with Gasteiger partial charge in [-0.2, -0.15) is 4.74 Å². The van der Waals surface area contributed by atoms with Crippen LogP contribution in [0.3, 0.4) is 0 Å². The number of nitrogens with zero attached hydrogens (tertiary/aromatic N) is 1. The van der Waals surface area contributed by atoms with Gasteiger partial charge in [-0.3, -0.25) is 4.79 Å². The van der Waals surface area contributed by atoms with Crippen molar-refractivity contribution in [2.24, 2.45) is 0 Å². The van der Waals surface area contributed by atoms with Gasteiger partial charge in [-0.15, -0.1) is 0 Å². The average molecular weight is 298 g/mol. The van der Waals surface area contributed by atoms with Gasteiger partial charge in [0.05, 0.1) is 6.04 Å². The van der Waals surface area contributed by atoms with E-state index in [1.165, 1.54) is 17.1 Å². The minimum Gasteiger partial charge on any atom is -0.384 e. The van der Waals surface area contributed by atoms with Gasteiger partial charge in [-0.1, -0.05) is 0 Å². The first-order valence-electron chi connectivity index (χ1n) is 6.60. The molecular formula is C14H13F3N2O2. The maximum absolute atomic E-state index is 13.8. The van der Waals surface area contributed by atoms with Crippen LogP contribution in [0.1, 0.15) is 30.5 Å². The van der Waals surface area contributed by atoms with E-state index in [0.29, 0.717) is 25.5 Å². The van der Waals surface area contributed by atoms with E-state index in [-0.39, 0.29) is 17.2 Å². The van der Waals surface area contributed by atoms with E-state index in [4.69, 9.17) is 4.52 Å². The number of hydrogen-bond donors (Lipinski definition) is 1. The molecule has 21 heavy (non-hydrogen) atoms. The van der Waals surface area contributed by atoms with Crippen LogP contribution in [0.15, 0.2) is 33.8 Å². The number of hydrogen-bond acceptors (Lipinski definition) is 3. The van der Waals surface area contributed by atoms with Gasteiger partial charge < -0.3 is 9.84 Å². The van der Waals surface area contributed by atoms with Crippen LogP contribution < -0.4 is 10.9 Å². The fraction of sp³-hybridized carbons (Fsp3) is 0.357. The molecule has 1 N–H and O–H groups in total. The summed E-state index contributed by atoms with van der Waals surface area (Å²) in [6.45, 7) is 0.515. The van der Waals surface area contributed by atoms with Crippen molar-refractivity contribution in [1.29, 1.82) is 0 Å². The molecule has 2 aromatic rings. The monoisotopic (exact) mass is 298 g/mol. The molecule has 3 rings (SSSR count). The first-order chi connectivity index (χ1) is 10.1. The highest BCUT2D eigenvalue weighted by molar-refractivity contribution is 5.24. The maximum atomic E-state index is 13.8. The number of benzene rings is 1. The van der Waals surface area contributed by atoms with Crippen molar-refractivity contribution < 1.29 is 17.7 Å². The van der Waals surface area contributed by atoms with Crippen LogP contribution >= 0.6 is 0 Å². The van der Waals surface area contributed by atoms with E-state index in [2.05, 4.69) is 5.32 Å². The van der Waals surface area contributed by atoms with Crippen LogP contribution in [0, 0.1) is 17.5 Å². The Balaban J connectivity index is 1.88. The molecule has 0 bridgehead atoms. The average Bonchev–Trinajstić information content (AvgIpc) is 2.89. The van der Waals surface area contributed by atoms with Crippen LogP contribution in [-0.4, -0.2) is 11.3 Å². The van der Waals surface area contributed by atoms with Crippen molar-refractivity contribution in [3.05, 3.63) is 57.8 Å². The third kappa shape index (κ3) is 2.61. The molecule has 0 radical (unpaired) electrons. The minimum absolute atomic E-state index is 0.0539. The van der Waals surface area contributed by atoms with Crippen molar-refractivity contribution >= 4 is 0 Å². The molecule has 112 valence electrons. The summed E-state index contributed by atoms with van der Waals surface area (Å²) in [7, 11) is 0. The molecule has 7 heteroatoms. The molecule has 2 heterocycles. The van der Waals surface area contributed by atoms with Gasteiger partial charge in [-0.05, 0) is 25.5 Å². The van der Waals surface area contributed by atoms with Gasteiger partial charge in [0, 0.05) is 23.7 Å². The lowest BCUT2D eigenvalue weighted by molar-refractivity contribution is 0.160. The Morgan fingerprint density at radius 3 is 2.67 bits per heavy atom. The quantitative estimate of drug-likeness (QED) is 0.867. The summed E-state index contributed by atoms with van der Waals surface area (Å²) < 4.78 is 46.5. The molecule has 1 aromatic carbocycles. The molecule has 1 aliphatic heterocycles. The Morgan fingerprint density at radius 1 is 1.19 bits per heavy atom. The zero-order chi connectivity index (χ0) is 15.0. The summed E-state index contributed by atoms with van der Waals surface area (Å²) in [4.78, 5) is 11.6. The standard InChI is InChI=1S/C14H13F3N2O2/c15-10-7-12(17)11(16)6-9(10)13-5-8(1-3-18-13)19-14(20)2-4-21-19/h2,4,6-8,13,18H,1,3,5H2/t8-,13-/m0/s1. The van der Waals surface area contributed by atoms with Crippen LogP contribution in [0.2, 0.25) is 0 Å². The molecule has 0 unspecified atom stereocenters. The smallest absolute Gasteiger partial charge is 0.282 e. The number of aromatic nitrogens is 1. The zero-order valence-corrected chi connectivity index (χ0v) is 11.0. The van der Waals surface area contributed by atoms with Crippen LogP contribution in [0.4, 0.5) is 13.2 Å². The Morgan fingerprint density at radius 2 is 1.95 bits per heavy atom. The molecule has 1 saturated heterocycles. The third-order valence-electron chi connectivity index (χ3n) is 3.72. The molecular weight excluding hydrogens is 285 g/mol. The summed E-state index contributed by atoms with van der Waals surface area (Å²) in [5, 5.41) is 3.05. The van der Waals surface area contributed by atoms with Crippen molar-refractivity contribution in [2.45, 2.75) is 24.9 Å². The summed E-state index contributed by atoms with van der Waals surface area (Å²) in [6, 6.07) is 1.95. The molecule has 1 aliphatic rings. The molecule has 0 saturated carbocycles. The van der Waals surface area contributed by atoms with E-state index in [1.54, 1.807) is 0 Å². The van der Waals surface area contributed by atoms with Gasteiger partial charge >= 0.3 is 0 Å². The van der Waals surface area contributed by atoms with E-state index in [1.807, 2.05) is 0 Å². The highest BCUT2D eigenvalue weighted by Crippen LogP contribution is 2.31. The number of halogens is 3. The molecule has 0 aliphatic carbocycles. The fourth-order valence-corrected chi connectivity index (χ4v) is 2.70. The van der Waals surface area contributed by atoms with Crippen molar-refractivity contribution in [2.75, 3.05) is 6.54 Å². The van der Waals surface area contributed by atoms with Gasteiger partial charge in [-0.25, -0.2) is 13.2 Å². The second kappa shape index (κ2) is 5.40. The predicted octanol–water partition coefficient (Wildman–Crippen LogP) is 2.52. The molecule has 1 aromatic heterocycles. The number of piperidine rings is 1. The van der Waals surface area contributed by atoms with Crippen molar-refractivity contribution in [3.63, 3.8) is 0 Å².